The third kappa shape index (κ3) is 3.44. The molecule has 0 spiro atoms. The number of fused-ring (bicyclic) bond motifs is 6. The maximum Gasteiger partial charge on any atom is 0.265 e. The number of hydrogen-bond acceptors (Lipinski definition) is 5. The summed E-state index contributed by atoms with van der Waals surface area (Å²) in [6.45, 7) is -0.130. The number of amides is 1. The molecular weight excluding hydrogens is 440 g/mol. The molecule has 1 aliphatic heterocycles. The van der Waals surface area contributed by atoms with Gasteiger partial charge in [0, 0.05) is 29.0 Å². The van der Waals surface area contributed by atoms with E-state index < -0.39 is 48.9 Å². The van der Waals surface area contributed by atoms with Gasteiger partial charge in [0.15, 0.2) is 5.75 Å². The number of hydrogen-bond donors (Lipinski definition) is 3. The zero-order valence-corrected chi connectivity index (χ0v) is 16.5. The fourth-order valence-electron chi connectivity index (χ4n) is 3.03. The summed E-state index contributed by atoms with van der Waals surface area (Å²) in [5.41, 5.74) is -0.328. The van der Waals surface area contributed by atoms with Gasteiger partial charge in [0.25, 0.3) is 15.9 Å². The molecule has 1 amide bonds. The lowest BCUT2D eigenvalue weighted by Gasteiger charge is -2.14. The molecule has 11 heteroatoms. The molecule has 0 aliphatic carbocycles. The lowest BCUT2D eigenvalue weighted by Crippen LogP contribution is -2.24. The summed E-state index contributed by atoms with van der Waals surface area (Å²) in [7, 11) is -4.59. The molecule has 30 heavy (non-hydrogen) atoms. The molecule has 3 aromatic rings. The second-order valence-electron chi connectivity index (χ2n) is 6.40. The van der Waals surface area contributed by atoms with Crippen LogP contribution in [0.1, 0.15) is 16.1 Å². The number of nitrogens with one attached hydrogen (secondary N) is 2. The lowest BCUT2D eigenvalue weighted by molar-refractivity contribution is 0.0950. The highest BCUT2D eigenvalue weighted by Crippen LogP contribution is 2.36. The minimum Gasteiger partial charge on any atom is -0.505 e. The van der Waals surface area contributed by atoms with Crippen LogP contribution < -0.4 is 10.0 Å². The van der Waals surface area contributed by atoms with Crippen molar-refractivity contribution in [3.8, 4) is 16.9 Å². The number of anilines is 1. The quantitative estimate of drug-likeness (QED) is 0.485. The second-order valence-corrected chi connectivity index (χ2v) is 8.46. The highest BCUT2D eigenvalue weighted by molar-refractivity contribution is 7.92. The number of aromatic nitrogens is 1. The van der Waals surface area contributed by atoms with Gasteiger partial charge in [-0.3, -0.25) is 14.5 Å². The van der Waals surface area contributed by atoms with E-state index >= 15 is 0 Å². The van der Waals surface area contributed by atoms with Gasteiger partial charge in [-0.25, -0.2) is 17.2 Å². The molecule has 4 rings (SSSR count). The number of nitrogens with zero attached hydrogens (tertiary/aromatic N) is 1. The van der Waals surface area contributed by atoms with E-state index in [2.05, 4.69) is 10.3 Å². The zero-order valence-electron chi connectivity index (χ0n) is 14.9. The van der Waals surface area contributed by atoms with Crippen molar-refractivity contribution in [2.75, 3.05) is 4.72 Å². The topological polar surface area (TPSA) is 108 Å². The zero-order chi connectivity index (χ0) is 21.6. The first kappa shape index (κ1) is 20.0. The van der Waals surface area contributed by atoms with Crippen molar-refractivity contribution in [3.63, 3.8) is 0 Å². The first-order chi connectivity index (χ1) is 14.2. The molecule has 2 heterocycles. The number of carbonyl (C=O) groups is 1. The number of phenols is 1. The van der Waals surface area contributed by atoms with Crippen LogP contribution in [0.4, 0.5) is 14.5 Å². The van der Waals surface area contributed by atoms with Gasteiger partial charge in [0.05, 0.1) is 22.9 Å². The minimum atomic E-state index is -4.59. The summed E-state index contributed by atoms with van der Waals surface area (Å²) in [5.74, 6) is -3.64. The maximum absolute atomic E-state index is 14.5. The Morgan fingerprint density at radius 3 is 2.63 bits per heavy atom. The van der Waals surface area contributed by atoms with E-state index in [0.717, 1.165) is 18.2 Å². The van der Waals surface area contributed by atoms with Gasteiger partial charge >= 0.3 is 0 Å². The van der Waals surface area contributed by atoms with Crippen LogP contribution in [0.2, 0.25) is 5.02 Å². The van der Waals surface area contributed by atoms with Gasteiger partial charge in [-0.15, -0.1) is 0 Å². The average Bonchev–Trinajstić information content (AvgIpc) is 2.70. The lowest BCUT2D eigenvalue weighted by atomic mass is 10.0. The molecule has 0 saturated heterocycles. The van der Waals surface area contributed by atoms with Gasteiger partial charge in [-0.05, 0) is 24.3 Å². The Kier molecular flexibility index (Phi) is 4.83. The Morgan fingerprint density at radius 2 is 1.87 bits per heavy atom. The van der Waals surface area contributed by atoms with Crippen LogP contribution in [0.5, 0.6) is 5.75 Å². The van der Waals surface area contributed by atoms with Crippen molar-refractivity contribution in [1.29, 1.82) is 0 Å². The van der Waals surface area contributed by atoms with Crippen LogP contribution in [0.3, 0.4) is 0 Å². The summed E-state index contributed by atoms with van der Waals surface area (Å²) >= 11 is 5.89. The van der Waals surface area contributed by atoms with Gasteiger partial charge < -0.3 is 10.4 Å². The number of pyridine rings is 1. The molecule has 1 aliphatic rings. The number of phenolic OH excluding ortho intramolecular Hbond substituents is 1. The number of carbonyl (C=O) groups excluding carboxylic acids is 1. The Morgan fingerprint density at radius 1 is 1.10 bits per heavy atom. The molecule has 4 bridgehead atoms. The van der Waals surface area contributed by atoms with Crippen LogP contribution >= 0.6 is 11.6 Å². The fourth-order valence-corrected chi connectivity index (χ4v) is 4.51. The molecule has 0 radical (unpaired) electrons. The summed E-state index contributed by atoms with van der Waals surface area (Å²) in [6, 6.07) is 6.52. The van der Waals surface area contributed by atoms with E-state index in [0.29, 0.717) is 6.07 Å². The van der Waals surface area contributed by atoms with Crippen LogP contribution in [0.25, 0.3) is 11.1 Å². The van der Waals surface area contributed by atoms with Crippen LogP contribution in [0.15, 0.2) is 47.5 Å². The standard InChI is InChI=1S/C19H12ClF2N3O4S/c20-12-4-9-5-17(18(12)26)30(28,29)25-15-6-11(13(21)7-14(15)22)10-2-1-3-23-16(10)8-24-19(9)27/h1-7,25-26H,8H2,(H,24,27). The molecule has 1 aromatic heterocycles. The summed E-state index contributed by atoms with van der Waals surface area (Å²) in [5, 5.41) is 12.3. The number of sulfonamides is 1. The van der Waals surface area contributed by atoms with Crippen molar-refractivity contribution in [3.05, 3.63) is 70.5 Å². The molecule has 0 unspecified atom stereocenters. The molecule has 0 atom stereocenters. The first-order valence-corrected chi connectivity index (χ1v) is 10.3. The molecule has 7 nitrogen and oxygen atoms in total. The average molecular weight is 452 g/mol. The fraction of sp³-hybridized carbons (Fsp3) is 0.0526. The van der Waals surface area contributed by atoms with Crippen LogP contribution in [0, 0.1) is 11.6 Å². The first-order valence-electron chi connectivity index (χ1n) is 8.44. The van der Waals surface area contributed by atoms with Gasteiger partial charge in [0.1, 0.15) is 16.5 Å². The Labute approximate surface area is 174 Å². The number of halogens is 3. The number of benzene rings is 2. The Bertz CT molecular complexity index is 1320. The van der Waals surface area contributed by atoms with E-state index in [1.807, 2.05) is 4.72 Å². The second kappa shape index (κ2) is 7.22. The summed E-state index contributed by atoms with van der Waals surface area (Å²) in [4.78, 5) is 15.9. The largest absolute Gasteiger partial charge is 0.505 e. The van der Waals surface area contributed by atoms with Gasteiger partial charge in [0.2, 0.25) is 0 Å². The minimum absolute atomic E-state index is 0.125. The van der Waals surface area contributed by atoms with Crippen molar-refractivity contribution in [2.45, 2.75) is 11.4 Å². The number of rotatable bonds is 0. The predicted molar refractivity (Wildman–Crippen MR) is 105 cm³/mol. The molecule has 154 valence electrons. The van der Waals surface area contributed by atoms with Crippen LogP contribution in [-0.4, -0.2) is 24.4 Å². The molecule has 0 saturated carbocycles. The van der Waals surface area contributed by atoms with Gasteiger partial charge in [-0.1, -0.05) is 17.7 Å². The molecular formula is C19H12ClF2N3O4S. The van der Waals surface area contributed by atoms with Crippen LogP contribution in [-0.2, 0) is 16.6 Å². The van der Waals surface area contributed by atoms with E-state index in [1.54, 1.807) is 0 Å². The van der Waals surface area contributed by atoms with E-state index in [4.69, 9.17) is 11.6 Å². The summed E-state index contributed by atoms with van der Waals surface area (Å²) in [6.07, 6.45) is 1.43. The van der Waals surface area contributed by atoms with E-state index in [1.165, 1.54) is 18.3 Å². The van der Waals surface area contributed by atoms with Crippen molar-refractivity contribution in [1.82, 2.24) is 10.3 Å². The Hall–Kier alpha value is -3.24. The Balaban J connectivity index is 2.01. The smallest absolute Gasteiger partial charge is 0.265 e. The monoisotopic (exact) mass is 451 g/mol. The van der Waals surface area contributed by atoms with Crippen molar-refractivity contribution in [2.24, 2.45) is 0 Å². The van der Waals surface area contributed by atoms with Gasteiger partial charge in [-0.2, -0.15) is 0 Å². The van der Waals surface area contributed by atoms with Crippen molar-refractivity contribution >= 4 is 33.2 Å². The predicted octanol–water partition coefficient (Wildman–Crippen LogP) is 3.43. The molecule has 2 aromatic carbocycles. The maximum atomic E-state index is 14.5. The summed E-state index contributed by atoms with van der Waals surface area (Å²) < 4.78 is 56.5. The SMILES string of the molecule is O=C1NCc2ncccc2-c2cc(c(F)cc2F)NS(=O)(=O)c2cc1cc(Cl)c2O. The normalized spacial score (nSPS) is 15.0. The molecule has 3 N–H and O–H groups in total. The molecule has 0 fully saturated rings. The van der Waals surface area contributed by atoms with Crippen molar-refractivity contribution < 1.29 is 27.1 Å². The third-order valence-electron chi connectivity index (χ3n) is 4.48. The number of aromatic hydroxyl groups is 1. The van der Waals surface area contributed by atoms with E-state index in [-0.39, 0.29) is 28.9 Å². The third-order valence-corrected chi connectivity index (χ3v) is 6.14. The highest BCUT2D eigenvalue weighted by atomic mass is 35.5. The van der Waals surface area contributed by atoms with E-state index in [9.17, 15) is 27.1 Å². The highest BCUT2D eigenvalue weighted by Gasteiger charge is 2.26.